The molecular formula is C19H22FNO3. The van der Waals surface area contributed by atoms with Gasteiger partial charge in [-0.25, -0.2) is 9.18 Å². The van der Waals surface area contributed by atoms with E-state index in [4.69, 9.17) is 4.42 Å². The van der Waals surface area contributed by atoms with Gasteiger partial charge < -0.3 is 9.15 Å². The molecule has 1 fully saturated rings. The first-order chi connectivity index (χ1) is 11.6. The van der Waals surface area contributed by atoms with Crippen LogP contribution in [0.5, 0.6) is 0 Å². The van der Waals surface area contributed by atoms with Crippen molar-refractivity contribution in [2.24, 2.45) is 5.92 Å². The monoisotopic (exact) mass is 331 g/mol. The van der Waals surface area contributed by atoms with E-state index < -0.39 is 5.97 Å². The molecule has 1 aliphatic heterocycles. The van der Waals surface area contributed by atoms with Gasteiger partial charge in [0.1, 0.15) is 11.6 Å². The molecule has 1 aromatic heterocycles. The number of piperidine rings is 1. The van der Waals surface area contributed by atoms with Crippen LogP contribution in [0, 0.1) is 11.7 Å². The number of rotatable bonds is 5. The van der Waals surface area contributed by atoms with Crippen molar-refractivity contribution in [3.05, 3.63) is 59.3 Å². The zero-order chi connectivity index (χ0) is 16.9. The molecule has 2 heterocycles. The summed E-state index contributed by atoms with van der Waals surface area (Å²) in [6, 6.07) is 10.4. The number of benzene rings is 1. The number of methoxy groups -OCH3 is 1. The van der Waals surface area contributed by atoms with E-state index in [-0.39, 0.29) is 11.6 Å². The number of halogens is 1. The van der Waals surface area contributed by atoms with Crippen molar-refractivity contribution in [2.75, 3.05) is 20.2 Å². The van der Waals surface area contributed by atoms with Crippen LogP contribution in [0.1, 0.15) is 34.7 Å². The van der Waals surface area contributed by atoms with Crippen molar-refractivity contribution in [3.63, 3.8) is 0 Å². The summed E-state index contributed by atoms with van der Waals surface area (Å²) < 4.78 is 23.4. The van der Waals surface area contributed by atoms with E-state index in [1.165, 1.54) is 13.2 Å². The average molecular weight is 331 g/mol. The molecule has 128 valence electrons. The minimum atomic E-state index is -0.449. The highest BCUT2D eigenvalue weighted by Crippen LogP contribution is 2.23. The van der Waals surface area contributed by atoms with Crippen molar-refractivity contribution in [1.82, 2.24) is 4.90 Å². The zero-order valence-corrected chi connectivity index (χ0v) is 13.8. The van der Waals surface area contributed by atoms with E-state index in [2.05, 4.69) is 9.64 Å². The fourth-order valence-corrected chi connectivity index (χ4v) is 3.24. The van der Waals surface area contributed by atoms with Gasteiger partial charge in [0.25, 0.3) is 0 Å². The third-order valence-corrected chi connectivity index (χ3v) is 4.55. The molecule has 5 heteroatoms. The van der Waals surface area contributed by atoms with E-state index in [0.717, 1.165) is 43.7 Å². The molecule has 0 aliphatic carbocycles. The van der Waals surface area contributed by atoms with Gasteiger partial charge in [-0.2, -0.15) is 0 Å². The maximum atomic E-state index is 13.3. The molecule has 3 rings (SSSR count). The van der Waals surface area contributed by atoms with Crippen LogP contribution in [0.4, 0.5) is 4.39 Å². The van der Waals surface area contributed by atoms with Gasteiger partial charge in [-0.1, -0.05) is 12.1 Å². The lowest BCUT2D eigenvalue weighted by molar-refractivity contribution is 0.0560. The number of hydrogen-bond donors (Lipinski definition) is 0. The molecule has 0 atom stereocenters. The summed E-state index contributed by atoms with van der Waals surface area (Å²) in [5.74, 6) is 0.997. The molecule has 1 saturated heterocycles. The Morgan fingerprint density at radius 3 is 2.79 bits per heavy atom. The van der Waals surface area contributed by atoms with Crippen LogP contribution in [-0.2, 0) is 17.7 Å². The second kappa shape index (κ2) is 7.62. The highest BCUT2D eigenvalue weighted by atomic mass is 19.1. The summed E-state index contributed by atoms with van der Waals surface area (Å²) in [6.07, 6.45) is 3.10. The first-order valence-corrected chi connectivity index (χ1v) is 8.28. The molecule has 2 aromatic rings. The summed E-state index contributed by atoms with van der Waals surface area (Å²) in [7, 11) is 1.34. The Morgan fingerprint density at radius 2 is 2.08 bits per heavy atom. The summed E-state index contributed by atoms with van der Waals surface area (Å²) in [5, 5.41) is 0. The third-order valence-electron chi connectivity index (χ3n) is 4.55. The van der Waals surface area contributed by atoms with Gasteiger partial charge in [-0.15, -0.1) is 0 Å². The first-order valence-electron chi connectivity index (χ1n) is 8.28. The lowest BCUT2D eigenvalue weighted by atomic mass is 9.90. The Kier molecular flexibility index (Phi) is 5.30. The van der Waals surface area contributed by atoms with Crippen molar-refractivity contribution in [3.8, 4) is 0 Å². The van der Waals surface area contributed by atoms with Crippen molar-refractivity contribution < 1.29 is 18.3 Å². The Bertz CT molecular complexity index is 689. The number of furan rings is 1. The maximum Gasteiger partial charge on any atom is 0.373 e. The first kappa shape index (κ1) is 16.7. The molecule has 1 aliphatic rings. The largest absolute Gasteiger partial charge is 0.463 e. The normalized spacial score (nSPS) is 16.2. The Labute approximate surface area is 141 Å². The van der Waals surface area contributed by atoms with Crippen LogP contribution >= 0.6 is 0 Å². The quantitative estimate of drug-likeness (QED) is 0.784. The number of ether oxygens (including phenoxy) is 1. The predicted octanol–water partition coefficient (Wildman–Crippen LogP) is 3.66. The topological polar surface area (TPSA) is 42.7 Å². The lowest BCUT2D eigenvalue weighted by Crippen LogP contribution is -2.33. The fourth-order valence-electron chi connectivity index (χ4n) is 3.24. The van der Waals surface area contributed by atoms with Crippen LogP contribution in [0.25, 0.3) is 0 Å². The van der Waals surface area contributed by atoms with Gasteiger partial charge in [0.15, 0.2) is 0 Å². The third kappa shape index (κ3) is 4.23. The van der Waals surface area contributed by atoms with Crippen LogP contribution in [0.2, 0.25) is 0 Å². The van der Waals surface area contributed by atoms with Crippen molar-refractivity contribution in [1.29, 1.82) is 0 Å². The molecule has 0 saturated carbocycles. The number of hydrogen-bond acceptors (Lipinski definition) is 4. The Balaban J connectivity index is 1.48. The minimum Gasteiger partial charge on any atom is -0.463 e. The van der Waals surface area contributed by atoms with Gasteiger partial charge in [-0.3, -0.25) is 4.90 Å². The summed E-state index contributed by atoms with van der Waals surface area (Å²) >= 11 is 0. The van der Waals surface area contributed by atoms with Gasteiger partial charge in [0, 0.05) is 0 Å². The van der Waals surface area contributed by atoms with Gasteiger partial charge in [0.05, 0.1) is 13.7 Å². The van der Waals surface area contributed by atoms with E-state index >= 15 is 0 Å². The van der Waals surface area contributed by atoms with Gasteiger partial charge in [0.2, 0.25) is 5.76 Å². The highest BCUT2D eigenvalue weighted by molar-refractivity contribution is 5.86. The Hall–Kier alpha value is -2.14. The predicted molar refractivity (Wildman–Crippen MR) is 88.2 cm³/mol. The number of likely N-dealkylation sites (tertiary alicyclic amines) is 1. The minimum absolute atomic E-state index is 0.163. The van der Waals surface area contributed by atoms with Crippen LogP contribution in [-0.4, -0.2) is 31.1 Å². The molecule has 0 unspecified atom stereocenters. The molecule has 0 radical (unpaired) electrons. The summed E-state index contributed by atoms with van der Waals surface area (Å²) in [6.45, 7) is 2.66. The molecule has 0 amide bonds. The molecule has 0 N–H and O–H groups in total. The van der Waals surface area contributed by atoms with Crippen molar-refractivity contribution >= 4 is 5.97 Å². The number of carbonyl (C=O) groups is 1. The smallest absolute Gasteiger partial charge is 0.373 e. The van der Waals surface area contributed by atoms with Crippen LogP contribution < -0.4 is 0 Å². The maximum absolute atomic E-state index is 13.3. The lowest BCUT2D eigenvalue weighted by Gasteiger charge is -2.31. The standard InChI is InChI=1S/C19H22FNO3/c1-23-19(22)18-6-5-17(24-18)13-21-9-7-14(8-10-21)11-15-3-2-4-16(20)12-15/h2-6,12,14H,7-11,13H2,1H3. The summed E-state index contributed by atoms with van der Waals surface area (Å²) in [4.78, 5) is 13.7. The average Bonchev–Trinajstić information content (AvgIpc) is 3.04. The van der Waals surface area contributed by atoms with Gasteiger partial charge in [-0.05, 0) is 68.1 Å². The number of nitrogens with zero attached hydrogens (tertiary/aromatic N) is 1. The van der Waals surface area contributed by atoms with Crippen molar-refractivity contribution in [2.45, 2.75) is 25.8 Å². The number of carbonyl (C=O) groups excluding carboxylic acids is 1. The molecule has 0 spiro atoms. The fraction of sp³-hybridized carbons (Fsp3) is 0.421. The Morgan fingerprint density at radius 1 is 1.29 bits per heavy atom. The highest BCUT2D eigenvalue weighted by Gasteiger charge is 2.21. The van der Waals surface area contributed by atoms with E-state index in [0.29, 0.717) is 12.5 Å². The van der Waals surface area contributed by atoms with E-state index in [1.54, 1.807) is 18.2 Å². The molecular weight excluding hydrogens is 309 g/mol. The van der Waals surface area contributed by atoms with Gasteiger partial charge >= 0.3 is 5.97 Å². The zero-order valence-electron chi connectivity index (χ0n) is 13.8. The van der Waals surface area contributed by atoms with E-state index in [9.17, 15) is 9.18 Å². The molecule has 4 nitrogen and oxygen atoms in total. The number of esters is 1. The van der Waals surface area contributed by atoms with Crippen LogP contribution in [0.3, 0.4) is 0 Å². The van der Waals surface area contributed by atoms with Crippen LogP contribution in [0.15, 0.2) is 40.8 Å². The second-order valence-corrected chi connectivity index (χ2v) is 6.31. The summed E-state index contributed by atoms with van der Waals surface area (Å²) in [5.41, 5.74) is 1.07. The van der Waals surface area contributed by atoms with E-state index in [1.807, 2.05) is 12.1 Å². The second-order valence-electron chi connectivity index (χ2n) is 6.31. The molecule has 24 heavy (non-hydrogen) atoms. The SMILES string of the molecule is COC(=O)c1ccc(CN2CCC(Cc3cccc(F)c3)CC2)o1. The molecule has 0 bridgehead atoms. The molecule has 1 aromatic carbocycles.